The molecule has 2 aromatic heterocycles. The lowest BCUT2D eigenvalue weighted by molar-refractivity contribution is -0.140. The molecular formula is C21H20N4O2. The summed E-state index contributed by atoms with van der Waals surface area (Å²) in [5.74, 6) is -0.327. The van der Waals surface area contributed by atoms with Crippen molar-refractivity contribution in [3.05, 3.63) is 59.7 Å². The van der Waals surface area contributed by atoms with E-state index in [1.54, 1.807) is 18.6 Å². The molecule has 0 spiro atoms. The van der Waals surface area contributed by atoms with E-state index < -0.39 is 0 Å². The summed E-state index contributed by atoms with van der Waals surface area (Å²) in [4.78, 5) is 29.5. The highest BCUT2D eigenvalue weighted by Crippen LogP contribution is 2.52. The van der Waals surface area contributed by atoms with Gasteiger partial charge in [-0.3, -0.25) is 14.6 Å². The number of hydrogen-bond acceptors (Lipinski definition) is 4. The number of aryl methyl sites for hydroxylation is 1. The highest BCUT2D eigenvalue weighted by molar-refractivity contribution is 6.06. The smallest absolute Gasteiger partial charge is 0.254 e. The fraction of sp³-hybridized carbons (Fsp3) is 0.333. The number of carbonyl (C=O) groups is 2. The van der Waals surface area contributed by atoms with Crippen molar-refractivity contribution in [2.45, 2.75) is 20.3 Å². The van der Waals surface area contributed by atoms with Gasteiger partial charge in [-0.25, -0.2) is 0 Å². The van der Waals surface area contributed by atoms with Crippen molar-refractivity contribution in [3.8, 4) is 5.69 Å². The van der Waals surface area contributed by atoms with Gasteiger partial charge in [0.25, 0.3) is 11.8 Å². The predicted molar refractivity (Wildman–Crippen MR) is 100 cm³/mol. The molecule has 4 atom stereocenters. The number of hydrazone groups is 1. The van der Waals surface area contributed by atoms with Gasteiger partial charge >= 0.3 is 0 Å². The third-order valence-corrected chi connectivity index (χ3v) is 6.15. The lowest BCUT2D eigenvalue weighted by Gasteiger charge is -2.13. The summed E-state index contributed by atoms with van der Waals surface area (Å²) in [6, 6.07) is 5.90. The summed E-state index contributed by atoms with van der Waals surface area (Å²) < 4.78 is 2.11. The van der Waals surface area contributed by atoms with Crippen LogP contribution in [0.4, 0.5) is 0 Å². The minimum absolute atomic E-state index is 0.152. The van der Waals surface area contributed by atoms with Crippen molar-refractivity contribution in [1.29, 1.82) is 0 Å². The van der Waals surface area contributed by atoms with Crippen molar-refractivity contribution in [3.63, 3.8) is 0 Å². The van der Waals surface area contributed by atoms with E-state index in [1.807, 2.05) is 32.0 Å². The van der Waals surface area contributed by atoms with Crippen LogP contribution in [-0.4, -0.2) is 32.6 Å². The molecule has 3 heterocycles. The zero-order chi connectivity index (χ0) is 18.7. The minimum Gasteiger partial charge on any atom is -0.318 e. The number of hydrogen-bond donors (Lipinski definition) is 0. The third-order valence-electron chi connectivity index (χ3n) is 6.15. The zero-order valence-electron chi connectivity index (χ0n) is 15.2. The van der Waals surface area contributed by atoms with Crippen LogP contribution in [-0.2, 0) is 9.59 Å². The highest BCUT2D eigenvalue weighted by Gasteiger charge is 2.59. The summed E-state index contributed by atoms with van der Waals surface area (Å²) in [6.07, 6.45) is 10.2. The molecule has 0 radical (unpaired) electrons. The molecule has 2 aliphatic carbocycles. The van der Waals surface area contributed by atoms with Gasteiger partial charge in [0.05, 0.1) is 18.1 Å². The molecule has 2 aromatic rings. The van der Waals surface area contributed by atoms with Crippen LogP contribution < -0.4 is 0 Å². The van der Waals surface area contributed by atoms with E-state index in [-0.39, 0.29) is 35.5 Å². The Kier molecular flexibility index (Phi) is 3.44. The number of nitrogens with zero attached hydrogens (tertiary/aromatic N) is 4. The molecule has 2 amide bonds. The Balaban J connectivity index is 1.44. The van der Waals surface area contributed by atoms with Gasteiger partial charge < -0.3 is 4.57 Å². The first-order chi connectivity index (χ1) is 13.1. The maximum atomic E-state index is 12.7. The molecule has 3 aliphatic rings. The van der Waals surface area contributed by atoms with Gasteiger partial charge in [0, 0.05) is 35.0 Å². The standard InChI is InChI=1S/C21H20N4O2/c1-12-9-16(13(2)24(12)17-5-7-22-8-6-17)11-23-25-20(26)18-14-3-4-15(10-14)19(18)21(25)27/h3-9,11,14-15,18-19H,10H2,1-2H3. The Morgan fingerprint density at radius 1 is 1.07 bits per heavy atom. The van der Waals surface area contributed by atoms with Crippen molar-refractivity contribution in [2.75, 3.05) is 0 Å². The summed E-state index contributed by atoms with van der Waals surface area (Å²) >= 11 is 0. The lowest BCUT2D eigenvalue weighted by atomic mass is 9.85. The van der Waals surface area contributed by atoms with Gasteiger partial charge in [0.1, 0.15) is 0 Å². The molecule has 6 heteroatoms. The maximum absolute atomic E-state index is 12.7. The van der Waals surface area contributed by atoms with Gasteiger partial charge in [0.15, 0.2) is 0 Å². The van der Waals surface area contributed by atoms with E-state index in [0.29, 0.717) is 0 Å². The van der Waals surface area contributed by atoms with Crippen molar-refractivity contribution in [2.24, 2.45) is 28.8 Å². The fourth-order valence-corrected chi connectivity index (χ4v) is 4.93. The molecule has 1 saturated heterocycles. The highest BCUT2D eigenvalue weighted by atomic mass is 16.2. The number of fused-ring (bicyclic) bond motifs is 5. The Hall–Kier alpha value is -3.02. The van der Waals surface area contributed by atoms with Crippen LogP contribution in [0.2, 0.25) is 0 Å². The van der Waals surface area contributed by atoms with E-state index >= 15 is 0 Å². The van der Waals surface area contributed by atoms with Gasteiger partial charge in [-0.15, -0.1) is 0 Å². The molecule has 4 unspecified atom stereocenters. The second-order valence-electron chi connectivity index (χ2n) is 7.60. The molecule has 1 saturated carbocycles. The van der Waals surface area contributed by atoms with Crippen LogP contribution >= 0.6 is 0 Å². The number of rotatable bonds is 3. The van der Waals surface area contributed by atoms with Crippen LogP contribution in [0.3, 0.4) is 0 Å². The van der Waals surface area contributed by atoms with Crippen LogP contribution in [0.25, 0.3) is 5.69 Å². The second-order valence-corrected chi connectivity index (χ2v) is 7.60. The number of aromatic nitrogens is 2. The van der Waals surface area contributed by atoms with Gasteiger partial charge in [-0.05, 0) is 50.3 Å². The first-order valence-corrected chi connectivity index (χ1v) is 9.25. The molecular weight excluding hydrogens is 340 g/mol. The predicted octanol–water partition coefficient (Wildman–Crippen LogP) is 2.63. The molecule has 0 N–H and O–H groups in total. The van der Waals surface area contributed by atoms with Crippen molar-refractivity contribution in [1.82, 2.24) is 14.6 Å². The van der Waals surface area contributed by atoms with Crippen LogP contribution in [0.15, 0.2) is 47.8 Å². The molecule has 2 fully saturated rings. The molecule has 0 aromatic carbocycles. The number of pyridine rings is 1. The van der Waals surface area contributed by atoms with Crippen molar-refractivity contribution >= 4 is 18.0 Å². The lowest BCUT2D eigenvalue weighted by Crippen LogP contribution is -2.28. The molecule has 27 heavy (non-hydrogen) atoms. The SMILES string of the molecule is Cc1cc(C=NN2C(=O)C3C4C=CC(C4)C3C2=O)c(C)n1-c1ccncc1. The van der Waals surface area contributed by atoms with Gasteiger partial charge in [0.2, 0.25) is 0 Å². The first kappa shape index (κ1) is 16.2. The number of amides is 2. The fourth-order valence-electron chi connectivity index (χ4n) is 4.93. The van der Waals surface area contributed by atoms with E-state index in [0.717, 1.165) is 34.1 Å². The van der Waals surface area contributed by atoms with Gasteiger partial charge in [-0.2, -0.15) is 10.1 Å². The van der Waals surface area contributed by atoms with Crippen LogP contribution in [0.5, 0.6) is 0 Å². The average molecular weight is 360 g/mol. The normalized spacial score (nSPS) is 28.7. The Morgan fingerprint density at radius 3 is 2.33 bits per heavy atom. The first-order valence-electron chi connectivity index (χ1n) is 9.25. The monoisotopic (exact) mass is 360 g/mol. The third kappa shape index (κ3) is 2.25. The summed E-state index contributed by atoms with van der Waals surface area (Å²) in [5.41, 5.74) is 3.97. The molecule has 5 rings (SSSR count). The molecule has 6 nitrogen and oxygen atoms in total. The summed E-state index contributed by atoms with van der Waals surface area (Å²) in [5, 5.41) is 5.40. The largest absolute Gasteiger partial charge is 0.318 e. The molecule has 1 aliphatic heterocycles. The minimum atomic E-state index is -0.214. The Morgan fingerprint density at radius 2 is 1.70 bits per heavy atom. The molecule has 136 valence electrons. The van der Waals surface area contributed by atoms with Gasteiger partial charge in [-0.1, -0.05) is 12.2 Å². The zero-order valence-corrected chi connectivity index (χ0v) is 15.2. The van der Waals surface area contributed by atoms with Crippen molar-refractivity contribution < 1.29 is 9.59 Å². The summed E-state index contributed by atoms with van der Waals surface area (Å²) in [6.45, 7) is 4.02. The van der Waals surface area contributed by atoms with E-state index in [1.165, 1.54) is 0 Å². The topological polar surface area (TPSA) is 67.6 Å². The second kappa shape index (κ2) is 5.74. The Bertz CT molecular complexity index is 975. The van der Waals surface area contributed by atoms with E-state index in [4.69, 9.17) is 0 Å². The summed E-state index contributed by atoms with van der Waals surface area (Å²) in [7, 11) is 0. The molecule has 2 bridgehead atoms. The number of imide groups is 1. The van der Waals surface area contributed by atoms with E-state index in [2.05, 4.69) is 26.8 Å². The maximum Gasteiger partial charge on any atom is 0.254 e. The average Bonchev–Trinajstić information content (AvgIpc) is 3.40. The quantitative estimate of drug-likeness (QED) is 0.480. The van der Waals surface area contributed by atoms with Crippen LogP contribution in [0.1, 0.15) is 23.4 Å². The van der Waals surface area contributed by atoms with E-state index in [9.17, 15) is 9.59 Å². The number of carbonyl (C=O) groups excluding carboxylic acids is 2. The number of allylic oxidation sites excluding steroid dienone is 2. The van der Waals surface area contributed by atoms with Crippen LogP contribution in [0, 0.1) is 37.5 Å². The Labute approximate surface area is 157 Å².